The van der Waals surface area contributed by atoms with Gasteiger partial charge in [0.2, 0.25) is 0 Å². The summed E-state index contributed by atoms with van der Waals surface area (Å²) in [5.74, 6) is 0.129. The number of nitrogens with two attached hydrogens (primary N) is 1. The number of nitrogen functional groups attached to an aromatic ring is 1. The minimum atomic E-state index is -0.659. The second kappa shape index (κ2) is 6.80. The van der Waals surface area contributed by atoms with Gasteiger partial charge in [0.05, 0.1) is 12.1 Å². The highest BCUT2D eigenvalue weighted by molar-refractivity contribution is 5.61. The Kier molecular flexibility index (Phi) is 5.60. The third kappa shape index (κ3) is 3.47. The van der Waals surface area contributed by atoms with Crippen molar-refractivity contribution in [3.8, 4) is 0 Å². The molecule has 7 heteroatoms. The quantitative estimate of drug-likeness (QED) is 0.680. The molecule has 0 aliphatic rings. The number of unbranched alkanes of at least 4 members (excludes halogenated alkanes) is 1. The number of anilines is 2. The summed E-state index contributed by atoms with van der Waals surface area (Å²) in [4.78, 5) is 24.4. The molecule has 4 N–H and O–H groups in total. The first kappa shape index (κ1) is 17.3. The van der Waals surface area contributed by atoms with Crippen LogP contribution < -0.4 is 22.3 Å². The SMILES string of the molecule is CCCCn1c(N)c(NC(C)(CC)CO)c(=O)n(C)c1=O. The van der Waals surface area contributed by atoms with E-state index in [1.807, 2.05) is 13.8 Å². The molecule has 21 heavy (non-hydrogen) atoms. The van der Waals surface area contributed by atoms with Crippen molar-refractivity contribution < 1.29 is 5.11 Å². The fraction of sp³-hybridized carbons (Fsp3) is 0.714. The van der Waals surface area contributed by atoms with Crippen LogP contribution in [0.2, 0.25) is 0 Å². The first-order chi connectivity index (χ1) is 9.81. The number of nitrogens with one attached hydrogen (secondary N) is 1. The molecule has 0 amide bonds. The maximum absolute atomic E-state index is 12.3. The van der Waals surface area contributed by atoms with Crippen LogP contribution >= 0.6 is 0 Å². The van der Waals surface area contributed by atoms with Gasteiger partial charge in [-0.15, -0.1) is 0 Å². The van der Waals surface area contributed by atoms with Gasteiger partial charge in [0, 0.05) is 13.6 Å². The number of rotatable bonds is 7. The normalized spacial score (nSPS) is 14.0. The van der Waals surface area contributed by atoms with Crippen molar-refractivity contribution in [2.75, 3.05) is 17.7 Å². The summed E-state index contributed by atoms with van der Waals surface area (Å²) in [7, 11) is 1.43. The summed E-state index contributed by atoms with van der Waals surface area (Å²) in [6.45, 7) is 6.04. The minimum absolute atomic E-state index is 0.129. The molecule has 0 aliphatic carbocycles. The molecule has 1 aromatic rings. The fourth-order valence-electron chi connectivity index (χ4n) is 1.97. The van der Waals surface area contributed by atoms with Crippen molar-refractivity contribution in [1.82, 2.24) is 9.13 Å². The van der Waals surface area contributed by atoms with E-state index < -0.39 is 16.8 Å². The zero-order valence-corrected chi connectivity index (χ0v) is 13.3. The predicted octanol–water partition coefficient (Wildman–Crippen LogP) is 0.502. The zero-order chi connectivity index (χ0) is 16.2. The molecule has 0 fully saturated rings. The number of aromatic nitrogens is 2. The summed E-state index contributed by atoms with van der Waals surface area (Å²) >= 11 is 0. The molecular formula is C14H26N4O3. The Morgan fingerprint density at radius 3 is 2.43 bits per heavy atom. The highest BCUT2D eigenvalue weighted by Gasteiger charge is 2.25. The van der Waals surface area contributed by atoms with Crippen LogP contribution in [0.3, 0.4) is 0 Å². The van der Waals surface area contributed by atoms with Gasteiger partial charge >= 0.3 is 5.69 Å². The molecule has 0 saturated heterocycles. The predicted molar refractivity (Wildman–Crippen MR) is 84.7 cm³/mol. The van der Waals surface area contributed by atoms with Gasteiger partial charge in [-0.2, -0.15) is 0 Å². The second-order valence-corrected chi connectivity index (χ2v) is 5.61. The molecule has 1 aromatic heterocycles. The standard InChI is InChI=1S/C14H26N4O3/c1-5-7-8-18-11(15)10(12(20)17(4)13(18)21)16-14(3,6-2)9-19/h16,19H,5-9,15H2,1-4H3. The number of hydrogen-bond acceptors (Lipinski definition) is 5. The minimum Gasteiger partial charge on any atom is -0.394 e. The van der Waals surface area contributed by atoms with E-state index in [9.17, 15) is 14.7 Å². The van der Waals surface area contributed by atoms with E-state index in [1.54, 1.807) is 6.92 Å². The van der Waals surface area contributed by atoms with Gasteiger partial charge in [-0.05, 0) is 19.8 Å². The summed E-state index contributed by atoms with van der Waals surface area (Å²) in [6, 6.07) is 0. The first-order valence-corrected chi connectivity index (χ1v) is 7.29. The van der Waals surface area contributed by atoms with E-state index in [2.05, 4.69) is 5.32 Å². The maximum Gasteiger partial charge on any atom is 0.332 e. The van der Waals surface area contributed by atoms with E-state index in [0.717, 1.165) is 17.4 Å². The second-order valence-electron chi connectivity index (χ2n) is 5.61. The van der Waals surface area contributed by atoms with Gasteiger partial charge < -0.3 is 16.2 Å². The van der Waals surface area contributed by atoms with Crippen LogP contribution in [0.4, 0.5) is 11.5 Å². The molecule has 0 radical (unpaired) electrons. The number of nitrogens with zero attached hydrogens (tertiary/aromatic N) is 2. The highest BCUT2D eigenvalue weighted by Crippen LogP contribution is 2.19. The Labute approximate surface area is 124 Å². The summed E-state index contributed by atoms with van der Waals surface area (Å²) in [5.41, 5.74) is 4.64. The number of hydrogen-bond donors (Lipinski definition) is 3. The lowest BCUT2D eigenvalue weighted by Gasteiger charge is -2.29. The highest BCUT2D eigenvalue weighted by atomic mass is 16.3. The molecule has 120 valence electrons. The van der Waals surface area contributed by atoms with Gasteiger partial charge in [-0.25, -0.2) is 4.79 Å². The first-order valence-electron chi connectivity index (χ1n) is 7.29. The van der Waals surface area contributed by atoms with E-state index in [4.69, 9.17) is 5.73 Å². The van der Waals surface area contributed by atoms with E-state index >= 15 is 0 Å². The van der Waals surface area contributed by atoms with Crippen molar-refractivity contribution in [2.24, 2.45) is 7.05 Å². The molecule has 1 atom stereocenters. The van der Waals surface area contributed by atoms with Crippen molar-refractivity contribution in [2.45, 2.75) is 52.1 Å². The maximum atomic E-state index is 12.3. The third-order valence-corrected chi connectivity index (χ3v) is 3.87. The molecule has 1 unspecified atom stereocenters. The number of aliphatic hydroxyl groups is 1. The van der Waals surface area contributed by atoms with Gasteiger partial charge in [-0.3, -0.25) is 13.9 Å². The van der Waals surface area contributed by atoms with Crippen molar-refractivity contribution in [3.05, 3.63) is 20.8 Å². The van der Waals surface area contributed by atoms with E-state index in [1.165, 1.54) is 11.6 Å². The third-order valence-electron chi connectivity index (χ3n) is 3.87. The Balaban J connectivity index is 3.42. The van der Waals surface area contributed by atoms with Crippen LogP contribution in [0.15, 0.2) is 9.59 Å². The Morgan fingerprint density at radius 2 is 1.95 bits per heavy atom. The lowest BCUT2D eigenvalue weighted by atomic mass is 10.00. The lowest BCUT2D eigenvalue weighted by Crippen LogP contribution is -2.45. The van der Waals surface area contributed by atoms with Crippen LogP contribution in [0.25, 0.3) is 0 Å². The summed E-state index contributed by atoms with van der Waals surface area (Å²) in [5, 5.41) is 12.5. The average molecular weight is 298 g/mol. The molecule has 7 nitrogen and oxygen atoms in total. The van der Waals surface area contributed by atoms with Crippen LogP contribution in [0.5, 0.6) is 0 Å². The zero-order valence-electron chi connectivity index (χ0n) is 13.3. The Hall–Kier alpha value is -1.76. The van der Waals surface area contributed by atoms with Crippen LogP contribution in [-0.2, 0) is 13.6 Å². The molecule has 0 saturated carbocycles. The monoisotopic (exact) mass is 298 g/mol. The van der Waals surface area contributed by atoms with Gasteiger partial charge in [0.1, 0.15) is 11.5 Å². The van der Waals surface area contributed by atoms with E-state index in [-0.39, 0.29) is 18.1 Å². The van der Waals surface area contributed by atoms with Crippen molar-refractivity contribution in [1.29, 1.82) is 0 Å². The van der Waals surface area contributed by atoms with E-state index in [0.29, 0.717) is 13.0 Å². The fourth-order valence-corrected chi connectivity index (χ4v) is 1.97. The smallest absolute Gasteiger partial charge is 0.332 e. The molecule has 1 rings (SSSR count). The van der Waals surface area contributed by atoms with Gasteiger partial charge in [0.15, 0.2) is 0 Å². The van der Waals surface area contributed by atoms with Crippen LogP contribution in [0, 0.1) is 0 Å². The summed E-state index contributed by atoms with van der Waals surface area (Å²) < 4.78 is 2.45. The molecule has 1 heterocycles. The van der Waals surface area contributed by atoms with Crippen LogP contribution in [0.1, 0.15) is 40.0 Å². The largest absolute Gasteiger partial charge is 0.394 e. The van der Waals surface area contributed by atoms with Gasteiger partial charge in [-0.1, -0.05) is 20.3 Å². The number of aliphatic hydroxyl groups excluding tert-OH is 1. The lowest BCUT2D eigenvalue weighted by molar-refractivity contribution is 0.218. The van der Waals surface area contributed by atoms with Gasteiger partial charge in [0.25, 0.3) is 5.56 Å². The van der Waals surface area contributed by atoms with Crippen molar-refractivity contribution >= 4 is 11.5 Å². The Bertz CT molecular complexity index is 599. The Morgan fingerprint density at radius 1 is 1.33 bits per heavy atom. The molecular weight excluding hydrogens is 272 g/mol. The van der Waals surface area contributed by atoms with Crippen LogP contribution in [-0.4, -0.2) is 26.4 Å². The molecule has 0 aromatic carbocycles. The molecule has 0 bridgehead atoms. The average Bonchev–Trinajstić information content (AvgIpc) is 2.49. The summed E-state index contributed by atoms with van der Waals surface area (Å²) in [6.07, 6.45) is 2.33. The topological polar surface area (TPSA) is 102 Å². The van der Waals surface area contributed by atoms with Crippen molar-refractivity contribution in [3.63, 3.8) is 0 Å². The molecule has 0 aliphatic heterocycles. The molecule has 0 spiro atoms.